The molecule has 0 radical (unpaired) electrons. The van der Waals surface area contributed by atoms with Crippen LogP contribution < -0.4 is 5.32 Å². The molecule has 1 aliphatic carbocycles. The SMILES string of the molecule is O=C(C1CCCCCC1)N1CCCNCC1. The van der Waals surface area contributed by atoms with E-state index in [1.54, 1.807) is 0 Å². The Morgan fingerprint density at radius 3 is 2.44 bits per heavy atom. The molecule has 1 amide bonds. The second kappa shape index (κ2) is 6.24. The summed E-state index contributed by atoms with van der Waals surface area (Å²) in [6.45, 7) is 3.91. The van der Waals surface area contributed by atoms with E-state index in [1.807, 2.05) is 0 Å². The number of carbonyl (C=O) groups excluding carboxylic acids is 1. The highest BCUT2D eigenvalue weighted by Gasteiger charge is 2.25. The van der Waals surface area contributed by atoms with Crippen molar-refractivity contribution >= 4 is 5.91 Å². The summed E-state index contributed by atoms with van der Waals surface area (Å²) in [5, 5.41) is 3.35. The maximum absolute atomic E-state index is 12.4. The van der Waals surface area contributed by atoms with Crippen molar-refractivity contribution in [1.82, 2.24) is 10.2 Å². The predicted molar refractivity (Wildman–Crippen MR) is 65.3 cm³/mol. The summed E-state index contributed by atoms with van der Waals surface area (Å²) >= 11 is 0. The molecular formula is C13H24N2O. The number of rotatable bonds is 1. The molecule has 3 heteroatoms. The summed E-state index contributed by atoms with van der Waals surface area (Å²) in [6, 6.07) is 0. The lowest BCUT2D eigenvalue weighted by molar-refractivity contribution is -0.135. The van der Waals surface area contributed by atoms with E-state index < -0.39 is 0 Å². The van der Waals surface area contributed by atoms with Gasteiger partial charge in [0.15, 0.2) is 0 Å². The van der Waals surface area contributed by atoms with Gasteiger partial charge in [-0.05, 0) is 25.8 Å². The van der Waals surface area contributed by atoms with Crippen molar-refractivity contribution in [3.8, 4) is 0 Å². The third kappa shape index (κ3) is 3.21. The lowest BCUT2D eigenvalue weighted by Gasteiger charge is -2.25. The van der Waals surface area contributed by atoms with Crippen LogP contribution in [-0.4, -0.2) is 37.0 Å². The van der Waals surface area contributed by atoms with Crippen molar-refractivity contribution in [2.75, 3.05) is 26.2 Å². The van der Waals surface area contributed by atoms with Gasteiger partial charge in [-0.2, -0.15) is 0 Å². The fourth-order valence-electron chi connectivity index (χ4n) is 2.85. The molecule has 1 N–H and O–H groups in total. The Morgan fingerprint density at radius 1 is 0.938 bits per heavy atom. The van der Waals surface area contributed by atoms with Gasteiger partial charge in [0, 0.05) is 25.6 Å². The molecule has 2 rings (SSSR count). The maximum Gasteiger partial charge on any atom is 0.225 e. The van der Waals surface area contributed by atoms with Crippen LogP contribution in [0.5, 0.6) is 0 Å². The minimum atomic E-state index is 0.334. The fraction of sp³-hybridized carbons (Fsp3) is 0.923. The highest BCUT2D eigenvalue weighted by atomic mass is 16.2. The molecule has 1 aliphatic heterocycles. The highest BCUT2D eigenvalue weighted by Crippen LogP contribution is 2.24. The molecule has 2 fully saturated rings. The third-order valence-electron chi connectivity index (χ3n) is 3.86. The molecule has 0 spiro atoms. The topological polar surface area (TPSA) is 32.3 Å². The van der Waals surface area contributed by atoms with E-state index >= 15 is 0 Å². The van der Waals surface area contributed by atoms with Gasteiger partial charge in [-0.15, -0.1) is 0 Å². The smallest absolute Gasteiger partial charge is 0.225 e. The molecule has 0 atom stereocenters. The van der Waals surface area contributed by atoms with Gasteiger partial charge in [0.25, 0.3) is 0 Å². The first kappa shape index (κ1) is 11.9. The molecule has 0 unspecified atom stereocenters. The fourth-order valence-corrected chi connectivity index (χ4v) is 2.85. The monoisotopic (exact) mass is 224 g/mol. The van der Waals surface area contributed by atoms with E-state index in [4.69, 9.17) is 0 Å². The van der Waals surface area contributed by atoms with Crippen molar-refractivity contribution < 1.29 is 4.79 Å². The van der Waals surface area contributed by atoms with Crippen LogP contribution in [0.1, 0.15) is 44.9 Å². The van der Waals surface area contributed by atoms with Gasteiger partial charge < -0.3 is 10.2 Å². The lowest BCUT2D eigenvalue weighted by atomic mass is 9.98. The van der Waals surface area contributed by atoms with Gasteiger partial charge in [0.2, 0.25) is 5.91 Å². The van der Waals surface area contributed by atoms with Crippen LogP contribution in [0.4, 0.5) is 0 Å². The second-order valence-corrected chi connectivity index (χ2v) is 5.12. The minimum absolute atomic E-state index is 0.334. The number of hydrogen-bond acceptors (Lipinski definition) is 2. The molecule has 0 aromatic rings. The molecule has 0 bridgehead atoms. The molecule has 1 heterocycles. The Balaban J connectivity index is 1.88. The summed E-state index contributed by atoms with van der Waals surface area (Å²) in [6.07, 6.45) is 8.52. The van der Waals surface area contributed by atoms with Gasteiger partial charge in [0.05, 0.1) is 0 Å². The van der Waals surface area contributed by atoms with Crippen LogP contribution in [0, 0.1) is 5.92 Å². The average molecular weight is 224 g/mol. The predicted octanol–water partition coefficient (Wildman–Crippen LogP) is 1.78. The average Bonchev–Trinajstić information content (AvgIpc) is 2.73. The summed E-state index contributed by atoms with van der Waals surface area (Å²) in [5.41, 5.74) is 0. The van der Waals surface area contributed by atoms with E-state index in [2.05, 4.69) is 10.2 Å². The number of hydrogen-bond donors (Lipinski definition) is 1. The number of nitrogens with zero attached hydrogens (tertiary/aromatic N) is 1. The van der Waals surface area contributed by atoms with Gasteiger partial charge in [-0.3, -0.25) is 4.79 Å². The number of carbonyl (C=O) groups is 1. The van der Waals surface area contributed by atoms with Crippen molar-refractivity contribution in [2.45, 2.75) is 44.9 Å². The lowest BCUT2D eigenvalue weighted by Crippen LogP contribution is -2.38. The van der Waals surface area contributed by atoms with Crippen molar-refractivity contribution in [2.24, 2.45) is 5.92 Å². The van der Waals surface area contributed by atoms with E-state index in [0.29, 0.717) is 11.8 Å². The summed E-state index contributed by atoms with van der Waals surface area (Å²) in [4.78, 5) is 14.5. The molecule has 0 aromatic carbocycles. The summed E-state index contributed by atoms with van der Waals surface area (Å²) in [7, 11) is 0. The zero-order chi connectivity index (χ0) is 11.2. The Labute approximate surface area is 98.6 Å². The first-order valence-corrected chi connectivity index (χ1v) is 6.87. The molecule has 1 saturated heterocycles. The van der Waals surface area contributed by atoms with Gasteiger partial charge >= 0.3 is 0 Å². The van der Waals surface area contributed by atoms with Crippen LogP contribution in [0.15, 0.2) is 0 Å². The number of nitrogens with one attached hydrogen (secondary N) is 1. The molecule has 1 saturated carbocycles. The standard InChI is InChI=1S/C13H24N2O/c16-13(12-6-3-1-2-4-7-12)15-10-5-8-14-9-11-15/h12,14H,1-11H2. The Bertz CT molecular complexity index is 192. The normalized spacial score (nSPS) is 24.9. The molecule has 16 heavy (non-hydrogen) atoms. The molecule has 3 nitrogen and oxygen atoms in total. The van der Waals surface area contributed by atoms with Crippen LogP contribution in [0.3, 0.4) is 0 Å². The quantitative estimate of drug-likeness (QED) is 0.689. The highest BCUT2D eigenvalue weighted by molar-refractivity contribution is 5.78. The summed E-state index contributed by atoms with van der Waals surface area (Å²) in [5.74, 6) is 0.770. The van der Waals surface area contributed by atoms with Crippen LogP contribution in [-0.2, 0) is 4.79 Å². The van der Waals surface area contributed by atoms with E-state index in [9.17, 15) is 4.79 Å². The molecular weight excluding hydrogens is 200 g/mol. The maximum atomic E-state index is 12.4. The zero-order valence-electron chi connectivity index (χ0n) is 10.2. The van der Waals surface area contributed by atoms with E-state index in [0.717, 1.165) is 45.4 Å². The molecule has 92 valence electrons. The largest absolute Gasteiger partial charge is 0.341 e. The molecule has 2 aliphatic rings. The van der Waals surface area contributed by atoms with Crippen molar-refractivity contribution in [1.29, 1.82) is 0 Å². The van der Waals surface area contributed by atoms with E-state index in [-0.39, 0.29) is 0 Å². The first-order valence-electron chi connectivity index (χ1n) is 6.87. The Morgan fingerprint density at radius 2 is 1.69 bits per heavy atom. The summed E-state index contributed by atoms with van der Waals surface area (Å²) < 4.78 is 0. The Kier molecular flexibility index (Phi) is 4.64. The van der Waals surface area contributed by atoms with Crippen molar-refractivity contribution in [3.05, 3.63) is 0 Å². The van der Waals surface area contributed by atoms with Crippen LogP contribution in [0.25, 0.3) is 0 Å². The van der Waals surface area contributed by atoms with Gasteiger partial charge in [-0.25, -0.2) is 0 Å². The van der Waals surface area contributed by atoms with Crippen molar-refractivity contribution in [3.63, 3.8) is 0 Å². The first-order chi connectivity index (χ1) is 7.88. The van der Waals surface area contributed by atoms with Gasteiger partial charge in [0.1, 0.15) is 0 Å². The second-order valence-electron chi connectivity index (χ2n) is 5.12. The van der Waals surface area contributed by atoms with Gasteiger partial charge in [-0.1, -0.05) is 25.7 Å². The minimum Gasteiger partial charge on any atom is -0.341 e. The van der Waals surface area contributed by atoms with E-state index in [1.165, 1.54) is 25.7 Å². The van der Waals surface area contributed by atoms with Crippen LogP contribution >= 0.6 is 0 Å². The Hall–Kier alpha value is -0.570. The third-order valence-corrected chi connectivity index (χ3v) is 3.86. The molecule has 0 aromatic heterocycles. The number of amides is 1. The van der Waals surface area contributed by atoms with Crippen LogP contribution in [0.2, 0.25) is 0 Å². The zero-order valence-corrected chi connectivity index (χ0v) is 10.2.